The van der Waals surface area contributed by atoms with Gasteiger partial charge >= 0.3 is 0 Å². The summed E-state index contributed by atoms with van der Waals surface area (Å²) in [5, 5.41) is 0.744. The number of nitrogens with zero attached hydrogens (tertiary/aromatic N) is 2. The lowest BCUT2D eigenvalue weighted by atomic mass is 10.1. The topological polar surface area (TPSA) is 18.0 Å². The van der Waals surface area contributed by atoms with Gasteiger partial charge in [0.2, 0.25) is 6.33 Å². The molecule has 0 fully saturated rings. The van der Waals surface area contributed by atoms with Crippen molar-refractivity contribution in [3.8, 4) is 0 Å². The molecule has 0 aliphatic rings. The minimum Gasteiger partial charge on any atom is -1.00 e. The average Bonchev–Trinajstić information content (AvgIpc) is 2.99. The van der Waals surface area contributed by atoms with Crippen LogP contribution in [-0.2, 0) is 24.9 Å². The molecule has 2 aromatic carbocycles. The Balaban J connectivity index is 0.00000208. The first-order chi connectivity index (χ1) is 11.2. The first kappa shape index (κ1) is 19.0. The van der Waals surface area contributed by atoms with Crippen LogP contribution in [-0.4, -0.2) is 4.57 Å². The highest BCUT2D eigenvalue weighted by molar-refractivity contribution is 6.30. The zero-order valence-electron chi connectivity index (χ0n) is 13.5. The molecule has 5 heteroatoms. The highest BCUT2D eigenvalue weighted by Gasteiger charge is 2.16. The molecule has 126 valence electrons. The monoisotopic (exact) mass is 454 g/mol. The first-order valence-corrected chi connectivity index (χ1v) is 8.00. The Morgan fingerprint density at radius 1 is 1.08 bits per heavy atom. The smallest absolute Gasteiger partial charge is 0.243 e. The molecule has 0 saturated carbocycles. The zero-order valence-corrected chi connectivity index (χ0v) is 16.4. The number of hydrogen-bond acceptors (Lipinski definition) is 1. The van der Waals surface area contributed by atoms with Crippen LogP contribution in [0.3, 0.4) is 0 Å². The summed E-state index contributed by atoms with van der Waals surface area (Å²) >= 11 is 5.93. The van der Waals surface area contributed by atoms with Crippen molar-refractivity contribution in [2.45, 2.75) is 19.3 Å². The molecular formula is C19H20ClIN2O. The fourth-order valence-electron chi connectivity index (χ4n) is 2.50. The largest absolute Gasteiger partial charge is 1.00 e. The summed E-state index contributed by atoms with van der Waals surface area (Å²) < 4.78 is 10.4. The second-order valence-electron chi connectivity index (χ2n) is 5.61. The molecule has 24 heavy (non-hydrogen) atoms. The molecule has 3 nitrogen and oxygen atoms in total. The summed E-state index contributed by atoms with van der Waals surface area (Å²) in [5.41, 5.74) is 2.30. The van der Waals surface area contributed by atoms with Crippen molar-refractivity contribution in [3.05, 3.63) is 89.5 Å². The Labute approximate surface area is 164 Å². The second-order valence-corrected chi connectivity index (χ2v) is 6.05. The lowest BCUT2D eigenvalue weighted by Gasteiger charge is -2.17. The molecule has 1 atom stereocenters. The maximum absolute atomic E-state index is 6.19. The molecule has 0 radical (unpaired) electrons. The summed E-state index contributed by atoms with van der Waals surface area (Å²) in [6, 6.07) is 18.1. The molecule has 0 bridgehead atoms. The molecule has 0 N–H and O–H groups in total. The molecule has 0 aliphatic carbocycles. The lowest BCUT2D eigenvalue weighted by molar-refractivity contribution is -0.704. The van der Waals surface area contributed by atoms with Crippen LogP contribution < -0.4 is 28.5 Å². The molecule has 0 saturated heterocycles. The van der Waals surface area contributed by atoms with Gasteiger partial charge in [-0.1, -0.05) is 54.1 Å². The molecule has 3 aromatic rings. The molecule has 0 amide bonds. The van der Waals surface area contributed by atoms with Crippen LogP contribution in [0.4, 0.5) is 0 Å². The predicted octanol–water partition coefficient (Wildman–Crippen LogP) is 0.928. The van der Waals surface area contributed by atoms with Crippen LogP contribution in [0.25, 0.3) is 0 Å². The molecule has 0 aliphatic heterocycles. The van der Waals surface area contributed by atoms with Crippen molar-refractivity contribution in [2.75, 3.05) is 0 Å². The summed E-state index contributed by atoms with van der Waals surface area (Å²) in [4.78, 5) is 0. The van der Waals surface area contributed by atoms with Gasteiger partial charge in [-0.2, -0.15) is 0 Å². The lowest BCUT2D eigenvalue weighted by Crippen LogP contribution is -3.00. The van der Waals surface area contributed by atoms with Gasteiger partial charge in [0.25, 0.3) is 0 Å². The van der Waals surface area contributed by atoms with E-state index in [0.29, 0.717) is 6.61 Å². The van der Waals surface area contributed by atoms with Gasteiger partial charge in [-0.15, -0.1) is 0 Å². The second kappa shape index (κ2) is 9.20. The van der Waals surface area contributed by atoms with Crippen LogP contribution in [0.2, 0.25) is 5.02 Å². The van der Waals surface area contributed by atoms with E-state index in [4.69, 9.17) is 16.3 Å². The van der Waals surface area contributed by atoms with E-state index in [-0.39, 0.29) is 30.1 Å². The van der Waals surface area contributed by atoms with E-state index >= 15 is 0 Å². The van der Waals surface area contributed by atoms with Gasteiger partial charge in [-0.05, 0) is 23.3 Å². The standard InChI is InChI=1S/C19H20ClN2O.HI/c1-21-11-12-22(15-21)13-19(17-5-3-2-4-6-17)23-14-16-7-9-18(20)10-8-16;/h2-12,15,19H,13-14H2,1H3;1H/q+1;/p-1. The van der Waals surface area contributed by atoms with Gasteiger partial charge in [-0.3, -0.25) is 0 Å². The number of halogens is 2. The fraction of sp³-hybridized carbons (Fsp3) is 0.211. The number of aromatic nitrogens is 2. The number of benzene rings is 2. The van der Waals surface area contributed by atoms with Crippen molar-refractivity contribution in [3.63, 3.8) is 0 Å². The predicted molar refractivity (Wildman–Crippen MR) is 91.0 cm³/mol. The molecule has 1 unspecified atom stereocenters. The highest BCUT2D eigenvalue weighted by Crippen LogP contribution is 2.20. The Hall–Kier alpha value is -1.37. The summed E-state index contributed by atoms with van der Waals surface area (Å²) in [5.74, 6) is 0. The molecule has 1 aromatic heterocycles. The van der Waals surface area contributed by atoms with E-state index in [1.165, 1.54) is 5.56 Å². The Morgan fingerprint density at radius 3 is 2.42 bits per heavy atom. The van der Waals surface area contributed by atoms with Crippen LogP contribution in [0.5, 0.6) is 0 Å². The summed E-state index contributed by atoms with van der Waals surface area (Å²) in [6.45, 7) is 1.34. The number of hydrogen-bond donors (Lipinski definition) is 0. The van der Waals surface area contributed by atoms with Gasteiger partial charge in [0.1, 0.15) is 25.0 Å². The molecule has 0 spiro atoms. The van der Waals surface area contributed by atoms with Crippen LogP contribution in [0.15, 0.2) is 73.3 Å². The average molecular weight is 455 g/mol. The minimum atomic E-state index is -0.000668. The maximum atomic E-state index is 6.19. The van der Waals surface area contributed by atoms with Crippen molar-refractivity contribution in [2.24, 2.45) is 7.05 Å². The third kappa shape index (κ3) is 5.33. The van der Waals surface area contributed by atoms with Crippen molar-refractivity contribution < 1.29 is 33.3 Å². The fourth-order valence-corrected chi connectivity index (χ4v) is 2.63. The number of aryl methyl sites for hydroxylation is 1. The summed E-state index contributed by atoms with van der Waals surface area (Å²) in [6.07, 6.45) is 6.14. The van der Waals surface area contributed by atoms with Crippen molar-refractivity contribution in [1.82, 2.24) is 4.57 Å². The van der Waals surface area contributed by atoms with Gasteiger partial charge in [-0.25, -0.2) is 9.13 Å². The van der Waals surface area contributed by atoms with E-state index in [0.717, 1.165) is 17.1 Å². The number of rotatable bonds is 6. The van der Waals surface area contributed by atoms with Gasteiger partial charge in [0.05, 0.1) is 13.7 Å². The van der Waals surface area contributed by atoms with Crippen LogP contribution in [0, 0.1) is 0 Å². The molecular weight excluding hydrogens is 435 g/mol. The van der Waals surface area contributed by atoms with E-state index in [1.807, 2.05) is 60.3 Å². The zero-order chi connectivity index (χ0) is 16.1. The van der Waals surface area contributed by atoms with E-state index in [9.17, 15) is 0 Å². The minimum absolute atomic E-state index is 0. The third-order valence-corrected chi connectivity index (χ3v) is 3.99. The summed E-state index contributed by atoms with van der Waals surface area (Å²) in [7, 11) is 2.02. The maximum Gasteiger partial charge on any atom is 0.243 e. The number of ether oxygens (including phenoxy) is 1. The Bertz CT molecular complexity index is 744. The van der Waals surface area contributed by atoms with Gasteiger partial charge in [0.15, 0.2) is 0 Å². The van der Waals surface area contributed by atoms with Crippen LogP contribution in [0.1, 0.15) is 17.2 Å². The molecule has 3 rings (SSSR count). The Kier molecular flexibility index (Phi) is 7.27. The normalized spacial score (nSPS) is 11.8. The molecule has 1 heterocycles. The van der Waals surface area contributed by atoms with Gasteiger partial charge in [0, 0.05) is 5.02 Å². The quantitative estimate of drug-likeness (QED) is 0.400. The third-order valence-electron chi connectivity index (χ3n) is 3.74. The van der Waals surface area contributed by atoms with Crippen LogP contribution >= 0.6 is 11.6 Å². The highest BCUT2D eigenvalue weighted by atomic mass is 127. The Morgan fingerprint density at radius 2 is 1.79 bits per heavy atom. The number of imidazole rings is 1. The van der Waals surface area contributed by atoms with E-state index in [2.05, 4.69) is 29.2 Å². The van der Waals surface area contributed by atoms with E-state index < -0.39 is 0 Å². The SMILES string of the molecule is Cn1cc[n+](CC(OCc2ccc(Cl)cc2)c2ccccc2)c1.[I-]. The van der Waals surface area contributed by atoms with E-state index in [1.54, 1.807) is 0 Å². The van der Waals surface area contributed by atoms with Crippen molar-refractivity contribution >= 4 is 11.6 Å². The van der Waals surface area contributed by atoms with Crippen molar-refractivity contribution in [1.29, 1.82) is 0 Å². The first-order valence-electron chi connectivity index (χ1n) is 7.63. The van der Waals surface area contributed by atoms with Gasteiger partial charge < -0.3 is 28.7 Å².